The number of rotatable bonds is 6. The first-order valence-corrected chi connectivity index (χ1v) is 10.5. The summed E-state index contributed by atoms with van der Waals surface area (Å²) in [6, 6.07) is 6.28. The number of non-ortho nitro benzene ring substituents is 1. The van der Waals surface area contributed by atoms with Crippen molar-refractivity contribution in [3.05, 3.63) is 57.6 Å². The van der Waals surface area contributed by atoms with Crippen LogP contribution in [0.25, 0.3) is 12.2 Å². The van der Waals surface area contributed by atoms with Crippen LogP contribution in [-0.2, 0) is 25.0 Å². The zero-order chi connectivity index (χ0) is 22.0. The Morgan fingerprint density at radius 2 is 1.45 bits per heavy atom. The van der Waals surface area contributed by atoms with Crippen molar-refractivity contribution in [1.29, 1.82) is 0 Å². The lowest BCUT2D eigenvalue weighted by Crippen LogP contribution is -2.08. The van der Waals surface area contributed by atoms with Crippen molar-refractivity contribution in [3.63, 3.8) is 0 Å². The van der Waals surface area contributed by atoms with Gasteiger partial charge < -0.3 is 5.32 Å². The van der Waals surface area contributed by atoms with Crippen molar-refractivity contribution < 1.29 is 35.7 Å². The average molecular weight is 442 g/mol. The second kappa shape index (κ2) is 8.08. The first-order valence-electron chi connectivity index (χ1n) is 7.62. The van der Waals surface area contributed by atoms with Gasteiger partial charge in [0.2, 0.25) is 5.91 Å². The molecule has 0 aliphatic heterocycles. The zero-order valence-corrected chi connectivity index (χ0v) is 16.3. The number of anilines is 1. The third-order valence-electron chi connectivity index (χ3n) is 3.54. The zero-order valence-electron chi connectivity index (χ0n) is 14.6. The summed E-state index contributed by atoms with van der Waals surface area (Å²) in [5, 5.41) is 13.2. The molecule has 0 radical (unpaired) electrons. The van der Waals surface area contributed by atoms with E-state index in [0.29, 0.717) is 6.07 Å². The van der Waals surface area contributed by atoms with Gasteiger partial charge in [-0.15, -0.1) is 0 Å². The standard InChI is InChI=1S/C16H14N2O9S2/c1-10(19)17-13-6-4-11(15(8-13)28(22,23)24)2-3-12-5-7-14(18(20)21)9-16(12)29(25,26)27/h2-9H,1H3,(H,17,19)(H,22,23,24)(H,25,26,27)/b3-2-. The van der Waals surface area contributed by atoms with Gasteiger partial charge >= 0.3 is 0 Å². The van der Waals surface area contributed by atoms with Crippen LogP contribution in [0.2, 0.25) is 0 Å². The van der Waals surface area contributed by atoms with Gasteiger partial charge in [0, 0.05) is 24.7 Å². The monoisotopic (exact) mass is 442 g/mol. The van der Waals surface area contributed by atoms with Crippen molar-refractivity contribution in [2.45, 2.75) is 16.7 Å². The predicted octanol–water partition coefficient (Wildman–Crippen LogP) is 2.22. The second-order valence-electron chi connectivity index (χ2n) is 5.70. The minimum Gasteiger partial charge on any atom is -0.326 e. The van der Waals surface area contributed by atoms with E-state index in [1.165, 1.54) is 19.1 Å². The van der Waals surface area contributed by atoms with E-state index in [0.717, 1.165) is 30.4 Å². The van der Waals surface area contributed by atoms with Crippen molar-refractivity contribution >= 4 is 49.7 Å². The SMILES string of the molecule is CC(=O)Nc1ccc(/C=C\c2ccc([N+](=O)[O-])cc2S(=O)(=O)O)c(S(=O)(=O)O)c1. The summed E-state index contributed by atoms with van der Waals surface area (Å²) in [4.78, 5) is 19.8. The highest BCUT2D eigenvalue weighted by molar-refractivity contribution is 7.86. The molecule has 0 aromatic heterocycles. The largest absolute Gasteiger partial charge is 0.326 e. The van der Waals surface area contributed by atoms with Gasteiger partial charge in [-0.25, -0.2) is 0 Å². The molecule has 0 aliphatic carbocycles. The Labute approximate surface area is 165 Å². The van der Waals surface area contributed by atoms with Crippen molar-refractivity contribution in [3.8, 4) is 0 Å². The highest BCUT2D eigenvalue weighted by atomic mass is 32.2. The summed E-state index contributed by atoms with van der Waals surface area (Å²) in [6.45, 7) is 1.20. The minimum atomic E-state index is -4.82. The van der Waals surface area contributed by atoms with E-state index < -0.39 is 46.5 Å². The number of carbonyl (C=O) groups is 1. The molecule has 0 bridgehead atoms. The third kappa shape index (κ3) is 5.68. The third-order valence-corrected chi connectivity index (χ3v) is 5.36. The molecule has 2 aromatic carbocycles. The molecule has 0 fully saturated rings. The number of nitrogens with zero attached hydrogens (tertiary/aromatic N) is 1. The van der Waals surface area contributed by atoms with Crippen LogP contribution in [0.3, 0.4) is 0 Å². The summed E-state index contributed by atoms with van der Waals surface area (Å²) in [5.74, 6) is -0.474. The fourth-order valence-electron chi connectivity index (χ4n) is 2.35. The lowest BCUT2D eigenvalue weighted by atomic mass is 10.1. The van der Waals surface area contributed by atoms with Crippen LogP contribution in [-0.4, -0.2) is 36.8 Å². The fourth-order valence-corrected chi connectivity index (χ4v) is 3.77. The molecule has 1 amide bonds. The van der Waals surface area contributed by atoms with Gasteiger partial charge in [0.1, 0.15) is 9.79 Å². The predicted molar refractivity (Wildman–Crippen MR) is 102 cm³/mol. The fraction of sp³-hybridized carbons (Fsp3) is 0.0625. The lowest BCUT2D eigenvalue weighted by molar-refractivity contribution is -0.385. The average Bonchev–Trinajstić information content (AvgIpc) is 2.58. The van der Waals surface area contributed by atoms with Gasteiger partial charge in [-0.1, -0.05) is 18.2 Å². The summed E-state index contributed by atoms with van der Waals surface area (Å²) in [7, 11) is -9.54. The molecule has 0 saturated heterocycles. The molecule has 2 aromatic rings. The molecule has 29 heavy (non-hydrogen) atoms. The van der Waals surface area contributed by atoms with E-state index in [-0.39, 0.29) is 16.8 Å². The quantitative estimate of drug-likeness (QED) is 0.261. The molecule has 154 valence electrons. The molecule has 11 nitrogen and oxygen atoms in total. The Morgan fingerprint density at radius 1 is 0.966 bits per heavy atom. The van der Waals surface area contributed by atoms with Crippen LogP contribution in [0.4, 0.5) is 11.4 Å². The van der Waals surface area contributed by atoms with E-state index in [1.807, 2.05) is 0 Å². The number of nitro groups is 1. The lowest BCUT2D eigenvalue weighted by Gasteiger charge is -2.08. The van der Waals surface area contributed by atoms with Crippen LogP contribution in [0.5, 0.6) is 0 Å². The normalized spacial score (nSPS) is 12.1. The van der Waals surface area contributed by atoms with E-state index in [4.69, 9.17) is 0 Å². The van der Waals surface area contributed by atoms with Crippen molar-refractivity contribution in [1.82, 2.24) is 0 Å². The van der Waals surface area contributed by atoms with E-state index in [9.17, 15) is 40.8 Å². The van der Waals surface area contributed by atoms with Crippen LogP contribution < -0.4 is 5.32 Å². The number of benzene rings is 2. The Balaban J connectivity index is 2.59. The maximum Gasteiger partial charge on any atom is 0.295 e. The van der Waals surface area contributed by atoms with Crippen LogP contribution in [0, 0.1) is 10.1 Å². The van der Waals surface area contributed by atoms with Crippen LogP contribution in [0.15, 0.2) is 46.2 Å². The molecule has 0 saturated carbocycles. The maximum atomic E-state index is 11.6. The van der Waals surface area contributed by atoms with E-state index >= 15 is 0 Å². The van der Waals surface area contributed by atoms with Gasteiger partial charge in [-0.05, 0) is 29.3 Å². The molecule has 3 N–H and O–H groups in total. The highest BCUT2D eigenvalue weighted by Gasteiger charge is 2.20. The highest BCUT2D eigenvalue weighted by Crippen LogP contribution is 2.26. The molecule has 0 heterocycles. The van der Waals surface area contributed by atoms with Crippen LogP contribution >= 0.6 is 0 Å². The Kier molecular flexibility index (Phi) is 6.18. The molecule has 2 rings (SSSR count). The first-order chi connectivity index (χ1) is 13.3. The van der Waals surface area contributed by atoms with Gasteiger partial charge in [0.25, 0.3) is 25.9 Å². The summed E-state index contributed by atoms with van der Waals surface area (Å²) in [5.41, 5.74) is -0.712. The van der Waals surface area contributed by atoms with E-state index in [1.54, 1.807) is 0 Å². The Hall–Kier alpha value is -3.13. The summed E-state index contributed by atoms with van der Waals surface area (Å²) < 4.78 is 65.1. The van der Waals surface area contributed by atoms with Gasteiger partial charge in [-0.3, -0.25) is 24.0 Å². The topological polar surface area (TPSA) is 181 Å². The van der Waals surface area contributed by atoms with Gasteiger partial charge in [-0.2, -0.15) is 16.8 Å². The second-order valence-corrected chi connectivity index (χ2v) is 8.48. The molecule has 0 atom stereocenters. The molecule has 13 heteroatoms. The first kappa shape index (κ1) is 22.2. The van der Waals surface area contributed by atoms with Gasteiger partial charge in [0.15, 0.2) is 0 Å². The smallest absolute Gasteiger partial charge is 0.295 e. The molecule has 0 aliphatic rings. The number of hydrogen-bond donors (Lipinski definition) is 3. The molecular formula is C16H14N2O9S2. The number of hydrogen-bond acceptors (Lipinski definition) is 7. The summed E-state index contributed by atoms with van der Waals surface area (Å²) >= 11 is 0. The minimum absolute atomic E-state index is 0.0683. The summed E-state index contributed by atoms with van der Waals surface area (Å²) in [6.07, 6.45) is 2.21. The number of nitro benzene ring substituents is 1. The number of carbonyl (C=O) groups excluding carboxylic acids is 1. The van der Waals surface area contributed by atoms with Crippen LogP contribution in [0.1, 0.15) is 18.1 Å². The Morgan fingerprint density at radius 3 is 1.90 bits per heavy atom. The van der Waals surface area contributed by atoms with Gasteiger partial charge in [0.05, 0.1) is 4.92 Å². The Bertz CT molecular complexity index is 1230. The van der Waals surface area contributed by atoms with Crippen molar-refractivity contribution in [2.24, 2.45) is 0 Å². The maximum absolute atomic E-state index is 11.6. The number of nitrogens with one attached hydrogen (secondary N) is 1. The van der Waals surface area contributed by atoms with E-state index in [2.05, 4.69) is 5.32 Å². The number of amides is 1. The molecule has 0 spiro atoms. The molecular weight excluding hydrogens is 428 g/mol. The van der Waals surface area contributed by atoms with Crippen molar-refractivity contribution in [2.75, 3.05) is 5.32 Å². The molecule has 0 unspecified atom stereocenters.